The molecule has 4 nitrogen and oxygen atoms in total. The summed E-state index contributed by atoms with van der Waals surface area (Å²) in [6.07, 6.45) is 0.278. The third-order valence-corrected chi connectivity index (χ3v) is 4.90. The van der Waals surface area contributed by atoms with Crippen LogP contribution in [0.3, 0.4) is 0 Å². The maximum Gasteiger partial charge on any atom is 0.334 e. The Balaban J connectivity index is 2.02. The molecular weight excluding hydrogens is 244 g/mol. The van der Waals surface area contributed by atoms with E-state index in [9.17, 15) is 15.0 Å². The summed E-state index contributed by atoms with van der Waals surface area (Å²) in [5, 5.41) is 20.9. The minimum Gasteiger partial charge on any atom is -0.458 e. The highest BCUT2D eigenvalue weighted by Gasteiger charge is 2.56. The van der Waals surface area contributed by atoms with Crippen LogP contribution in [0.2, 0.25) is 0 Å². The van der Waals surface area contributed by atoms with Gasteiger partial charge in [0.2, 0.25) is 0 Å². The first-order valence-electron chi connectivity index (χ1n) is 6.51. The molecule has 4 heteroatoms. The average Bonchev–Trinajstić information content (AvgIpc) is 2.68. The van der Waals surface area contributed by atoms with Gasteiger partial charge in [-0.2, -0.15) is 0 Å². The number of fused-ring (bicyclic) bond motifs is 2. The van der Waals surface area contributed by atoms with Crippen LogP contribution >= 0.6 is 0 Å². The van der Waals surface area contributed by atoms with Gasteiger partial charge >= 0.3 is 5.97 Å². The monoisotopic (exact) mass is 262 g/mol. The highest BCUT2D eigenvalue weighted by Crippen LogP contribution is 2.53. The standard InChI is InChI=1S/C15H18O4/c1-7-4-13-10(8(2)14(17)19-13)6-15(18)9(3)12(16)5-11(7)15/h10-13,16,18H,1-6H2. The topological polar surface area (TPSA) is 66.8 Å². The van der Waals surface area contributed by atoms with Crippen molar-refractivity contribution in [3.05, 3.63) is 36.5 Å². The van der Waals surface area contributed by atoms with Crippen LogP contribution in [0.5, 0.6) is 0 Å². The van der Waals surface area contributed by atoms with Gasteiger partial charge in [0, 0.05) is 23.8 Å². The summed E-state index contributed by atoms with van der Waals surface area (Å²) in [4.78, 5) is 11.6. The molecule has 0 radical (unpaired) electrons. The molecule has 0 bridgehead atoms. The van der Waals surface area contributed by atoms with E-state index in [2.05, 4.69) is 19.7 Å². The van der Waals surface area contributed by atoms with Gasteiger partial charge in [-0.05, 0) is 18.4 Å². The summed E-state index contributed by atoms with van der Waals surface area (Å²) in [6.45, 7) is 11.6. The second-order valence-corrected chi connectivity index (χ2v) is 5.90. The number of hydrogen-bond acceptors (Lipinski definition) is 4. The van der Waals surface area contributed by atoms with Gasteiger partial charge in [-0.1, -0.05) is 25.3 Å². The number of ether oxygens (including phenoxy) is 1. The summed E-state index contributed by atoms with van der Waals surface area (Å²) >= 11 is 0. The molecule has 2 N–H and O–H groups in total. The van der Waals surface area contributed by atoms with Gasteiger partial charge in [-0.3, -0.25) is 0 Å². The number of carbonyl (C=O) groups is 1. The van der Waals surface area contributed by atoms with E-state index in [1.54, 1.807) is 0 Å². The fourth-order valence-corrected chi connectivity index (χ4v) is 3.70. The summed E-state index contributed by atoms with van der Waals surface area (Å²) in [5.41, 5.74) is 0.440. The Bertz CT molecular complexity index is 506. The van der Waals surface area contributed by atoms with E-state index in [1.807, 2.05) is 0 Å². The molecule has 0 spiro atoms. The average molecular weight is 262 g/mol. The Kier molecular flexibility index (Phi) is 2.53. The third kappa shape index (κ3) is 1.56. The Hall–Kier alpha value is -1.39. The van der Waals surface area contributed by atoms with Gasteiger partial charge < -0.3 is 14.9 Å². The van der Waals surface area contributed by atoms with Crippen molar-refractivity contribution in [3.63, 3.8) is 0 Å². The molecule has 0 aromatic carbocycles. The van der Waals surface area contributed by atoms with Crippen molar-refractivity contribution in [2.45, 2.75) is 37.1 Å². The van der Waals surface area contributed by atoms with E-state index < -0.39 is 17.7 Å². The molecule has 0 aromatic heterocycles. The molecule has 1 aliphatic heterocycles. The van der Waals surface area contributed by atoms with Gasteiger partial charge in [0.05, 0.1) is 11.7 Å². The molecule has 102 valence electrons. The van der Waals surface area contributed by atoms with E-state index in [0.717, 1.165) is 5.57 Å². The number of aliphatic hydroxyl groups is 2. The zero-order valence-electron chi connectivity index (χ0n) is 10.8. The molecule has 5 unspecified atom stereocenters. The molecule has 3 fully saturated rings. The minimum atomic E-state index is -1.20. The van der Waals surface area contributed by atoms with Crippen molar-refractivity contribution in [1.82, 2.24) is 0 Å². The summed E-state index contributed by atoms with van der Waals surface area (Å²) in [6, 6.07) is 0. The van der Waals surface area contributed by atoms with E-state index in [4.69, 9.17) is 4.74 Å². The van der Waals surface area contributed by atoms with Gasteiger partial charge in [-0.25, -0.2) is 4.79 Å². The maximum atomic E-state index is 11.6. The number of esters is 1. The first kappa shape index (κ1) is 12.6. The highest BCUT2D eigenvalue weighted by atomic mass is 16.6. The highest BCUT2D eigenvalue weighted by molar-refractivity contribution is 5.91. The lowest BCUT2D eigenvalue weighted by atomic mass is 9.79. The Morgan fingerprint density at radius 2 is 2.00 bits per heavy atom. The normalized spacial score (nSPS) is 45.8. The summed E-state index contributed by atoms with van der Waals surface area (Å²) in [5.74, 6) is -0.831. The molecule has 5 atom stereocenters. The second kappa shape index (κ2) is 3.81. The molecule has 0 aromatic rings. The van der Waals surface area contributed by atoms with Crippen molar-refractivity contribution in [2.75, 3.05) is 0 Å². The molecule has 1 saturated heterocycles. The van der Waals surface area contributed by atoms with Crippen LogP contribution in [-0.4, -0.2) is 34.0 Å². The number of carbonyl (C=O) groups excluding carboxylic acids is 1. The van der Waals surface area contributed by atoms with Crippen LogP contribution in [-0.2, 0) is 9.53 Å². The van der Waals surface area contributed by atoms with Crippen LogP contribution in [0, 0.1) is 11.8 Å². The quantitative estimate of drug-likeness (QED) is 0.390. The van der Waals surface area contributed by atoms with Crippen molar-refractivity contribution in [2.24, 2.45) is 11.8 Å². The number of rotatable bonds is 0. The van der Waals surface area contributed by atoms with Crippen molar-refractivity contribution >= 4 is 5.97 Å². The van der Waals surface area contributed by atoms with E-state index >= 15 is 0 Å². The molecular formula is C15H18O4. The number of aliphatic hydroxyl groups excluding tert-OH is 1. The van der Waals surface area contributed by atoms with Gasteiger partial charge in [-0.15, -0.1) is 0 Å². The maximum absolute atomic E-state index is 11.6. The second-order valence-electron chi connectivity index (χ2n) is 5.90. The van der Waals surface area contributed by atoms with Crippen molar-refractivity contribution in [1.29, 1.82) is 0 Å². The summed E-state index contributed by atoms with van der Waals surface area (Å²) < 4.78 is 5.30. The molecule has 3 aliphatic rings. The van der Waals surface area contributed by atoms with Crippen molar-refractivity contribution < 1.29 is 19.7 Å². The molecule has 1 heterocycles. The van der Waals surface area contributed by atoms with Gasteiger partial charge in [0.15, 0.2) is 0 Å². The molecule has 19 heavy (non-hydrogen) atoms. The van der Waals surface area contributed by atoms with Crippen LogP contribution in [0.15, 0.2) is 36.5 Å². The lowest BCUT2D eigenvalue weighted by molar-refractivity contribution is -0.139. The third-order valence-electron chi connectivity index (χ3n) is 4.90. The molecule has 3 rings (SSSR count). The van der Waals surface area contributed by atoms with Crippen molar-refractivity contribution in [3.8, 4) is 0 Å². The first-order valence-corrected chi connectivity index (χ1v) is 6.51. The molecule has 2 saturated carbocycles. The van der Waals surface area contributed by atoms with Gasteiger partial charge in [0.25, 0.3) is 0 Å². The number of hydrogen-bond donors (Lipinski definition) is 2. The van der Waals surface area contributed by atoms with E-state index in [1.165, 1.54) is 0 Å². The van der Waals surface area contributed by atoms with Crippen LogP contribution < -0.4 is 0 Å². The van der Waals surface area contributed by atoms with Crippen LogP contribution in [0.25, 0.3) is 0 Å². The SMILES string of the molecule is C=C1C(=O)OC2CC(=C)C3CC(O)C(=C)C3(O)CC12. The fraction of sp³-hybridized carbons (Fsp3) is 0.533. The summed E-state index contributed by atoms with van der Waals surface area (Å²) in [7, 11) is 0. The lowest BCUT2D eigenvalue weighted by Gasteiger charge is -2.31. The minimum absolute atomic E-state index is 0.216. The fourth-order valence-electron chi connectivity index (χ4n) is 3.70. The van der Waals surface area contributed by atoms with E-state index in [0.29, 0.717) is 30.4 Å². The van der Waals surface area contributed by atoms with Crippen LogP contribution in [0.4, 0.5) is 0 Å². The Morgan fingerprint density at radius 3 is 2.68 bits per heavy atom. The zero-order chi connectivity index (χ0) is 13.9. The largest absolute Gasteiger partial charge is 0.458 e. The smallest absolute Gasteiger partial charge is 0.334 e. The Labute approximate surface area is 112 Å². The lowest BCUT2D eigenvalue weighted by Crippen LogP contribution is -2.37. The zero-order valence-corrected chi connectivity index (χ0v) is 10.8. The van der Waals surface area contributed by atoms with Gasteiger partial charge in [0.1, 0.15) is 6.10 Å². The Morgan fingerprint density at radius 1 is 1.32 bits per heavy atom. The first-order chi connectivity index (χ1) is 8.84. The molecule has 2 aliphatic carbocycles. The molecule has 0 amide bonds. The predicted molar refractivity (Wildman–Crippen MR) is 69.1 cm³/mol. The van der Waals surface area contributed by atoms with Crippen LogP contribution in [0.1, 0.15) is 19.3 Å². The predicted octanol–water partition coefficient (Wildman–Crippen LogP) is 1.10. The van der Waals surface area contributed by atoms with E-state index in [-0.39, 0.29) is 17.9 Å².